The lowest BCUT2D eigenvalue weighted by atomic mass is 9.82. The van der Waals surface area contributed by atoms with Gasteiger partial charge in [-0.2, -0.15) is 13.4 Å². The van der Waals surface area contributed by atoms with Crippen LogP contribution in [0.15, 0.2) is 52.1 Å². The quantitative estimate of drug-likeness (QED) is 0.376. The van der Waals surface area contributed by atoms with Crippen molar-refractivity contribution in [3.05, 3.63) is 59.6 Å². The molecule has 2 aromatic carbocycles. The number of carboxylic acids is 1. The van der Waals surface area contributed by atoms with E-state index in [4.69, 9.17) is 23.7 Å². The van der Waals surface area contributed by atoms with E-state index in [0.29, 0.717) is 37.8 Å². The summed E-state index contributed by atoms with van der Waals surface area (Å²) in [4.78, 5) is 29.3. The van der Waals surface area contributed by atoms with E-state index >= 15 is 0 Å². The highest BCUT2D eigenvalue weighted by Gasteiger charge is 2.28. The number of benzene rings is 2. The largest absolute Gasteiger partial charge is 0.495 e. The molecule has 2 aliphatic rings. The normalized spacial score (nSPS) is 19.2. The molecule has 0 unspecified atom stereocenters. The number of methoxy groups -OCH3 is 1. The third-order valence-corrected chi connectivity index (χ3v) is 8.59. The summed E-state index contributed by atoms with van der Waals surface area (Å²) in [5, 5.41) is 8.64. The number of amides is 1. The molecule has 0 atom stereocenters. The van der Waals surface area contributed by atoms with Crippen LogP contribution < -0.4 is 9.46 Å². The average Bonchev–Trinajstić information content (AvgIpc) is 3.50. The van der Waals surface area contributed by atoms with Crippen molar-refractivity contribution in [3.63, 3.8) is 0 Å². The first-order chi connectivity index (χ1) is 20.1. The van der Waals surface area contributed by atoms with Crippen molar-refractivity contribution in [3.8, 4) is 17.2 Å². The van der Waals surface area contributed by atoms with Crippen LogP contribution in [0.25, 0.3) is 11.5 Å². The molecule has 42 heavy (non-hydrogen) atoms. The van der Waals surface area contributed by atoms with Crippen LogP contribution in [0.1, 0.15) is 47.5 Å². The van der Waals surface area contributed by atoms with Gasteiger partial charge in [-0.05, 0) is 55.4 Å². The van der Waals surface area contributed by atoms with Crippen LogP contribution in [0.4, 0.5) is 14.9 Å². The maximum absolute atomic E-state index is 14.2. The van der Waals surface area contributed by atoms with E-state index in [-0.39, 0.29) is 29.5 Å². The number of sulfonamides is 1. The third kappa shape index (κ3) is 6.49. The number of morpholine rings is 1. The van der Waals surface area contributed by atoms with Gasteiger partial charge in [-0.1, -0.05) is 12.1 Å². The zero-order valence-electron chi connectivity index (χ0n) is 22.7. The van der Waals surface area contributed by atoms with Crippen molar-refractivity contribution >= 4 is 27.8 Å². The number of carboxylic acid groups (broad SMARTS) is 1. The number of aromatic carboxylic acids is 1. The van der Waals surface area contributed by atoms with Crippen molar-refractivity contribution < 1.29 is 46.1 Å². The fourth-order valence-corrected chi connectivity index (χ4v) is 5.98. The van der Waals surface area contributed by atoms with Crippen molar-refractivity contribution in [2.24, 2.45) is 0 Å². The molecule has 2 heterocycles. The van der Waals surface area contributed by atoms with Gasteiger partial charge in [0.2, 0.25) is 10.9 Å². The van der Waals surface area contributed by atoms with Crippen LogP contribution in [0.5, 0.6) is 5.75 Å². The molecule has 3 aromatic rings. The molecular weight excluding hydrogens is 573 g/mol. The number of ether oxygens (including phenoxy) is 3. The van der Waals surface area contributed by atoms with E-state index in [1.165, 1.54) is 7.11 Å². The standard InChI is InChI=1S/C28H30FN3O9S/c1-38-24-14-21(27(33)34)22(29)15-23(24)31-42(36,37)25-16-40-26(30-25)19-4-2-17(3-5-19)18-6-8-20(9-7-18)41-28(35)32-10-12-39-13-11-32/h2-5,14-16,18,20,31H,6-13H2,1H3,(H,33,34). The van der Waals surface area contributed by atoms with Crippen LogP contribution in [0.3, 0.4) is 0 Å². The van der Waals surface area contributed by atoms with Crippen LogP contribution in [-0.4, -0.2) is 75.0 Å². The fourth-order valence-electron chi connectivity index (χ4n) is 5.05. The first-order valence-corrected chi connectivity index (χ1v) is 14.9. The van der Waals surface area contributed by atoms with Gasteiger partial charge in [-0.15, -0.1) is 0 Å². The molecule has 0 bridgehead atoms. The van der Waals surface area contributed by atoms with Gasteiger partial charge in [0, 0.05) is 24.7 Å². The summed E-state index contributed by atoms with van der Waals surface area (Å²) < 4.78 is 63.6. The summed E-state index contributed by atoms with van der Waals surface area (Å²) >= 11 is 0. The zero-order valence-corrected chi connectivity index (χ0v) is 23.6. The van der Waals surface area contributed by atoms with Gasteiger partial charge in [0.15, 0.2) is 0 Å². The number of carbonyl (C=O) groups is 2. The number of nitrogens with one attached hydrogen (secondary N) is 1. The van der Waals surface area contributed by atoms with E-state index in [0.717, 1.165) is 49.6 Å². The summed E-state index contributed by atoms with van der Waals surface area (Å²) in [5.74, 6) is -2.47. The Morgan fingerprint density at radius 2 is 1.79 bits per heavy atom. The van der Waals surface area contributed by atoms with Crippen molar-refractivity contribution in [1.82, 2.24) is 9.88 Å². The number of rotatable bonds is 8. The number of hydrogen-bond acceptors (Lipinski definition) is 9. The average molecular weight is 604 g/mol. The second-order valence-electron chi connectivity index (χ2n) is 10.0. The molecule has 1 aromatic heterocycles. The summed E-state index contributed by atoms with van der Waals surface area (Å²) in [5.41, 5.74) is 0.709. The predicted octanol–water partition coefficient (Wildman–Crippen LogP) is 4.48. The number of hydrogen-bond donors (Lipinski definition) is 2. The lowest BCUT2D eigenvalue weighted by Gasteiger charge is -2.32. The van der Waals surface area contributed by atoms with Crippen LogP contribution in [-0.2, 0) is 19.5 Å². The fraction of sp³-hybridized carbons (Fsp3) is 0.393. The summed E-state index contributed by atoms with van der Waals surface area (Å²) in [7, 11) is -3.13. The summed E-state index contributed by atoms with van der Waals surface area (Å²) in [6.45, 7) is 2.15. The molecule has 14 heteroatoms. The van der Waals surface area contributed by atoms with Crippen molar-refractivity contribution in [2.75, 3.05) is 38.1 Å². The Morgan fingerprint density at radius 1 is 1.10 bits per heavy atom. The van der Waals surface area contributed by atoms with Gasteiger partial charge in [0.1, 0.15) is 23.9 Å². The predicted molar refractivity (Wildman–Crippen MR) is 147 cm³/mol. The van der Waals surface area contributed by atoms with E-state index in [2.05, 4.69) is 9.71 Å². The summed E-state index contributed by atoms with van der Waals surface area (Å²) in [6, 6.07) is 9.07. The first-order valence-electron chi connectivity index (χ1n) is 13.4. The molecule has 224 valence electrons. The van der Waals surface area contributed by atoms with Gasteiger partial charge in [-0.25, -0.2) is 14.0 Å². The number of anilines is 1. The maximum Gasteiger partial charge on any atom is 0.410 e. The zero-order chi connectivity index (χ0) is 29.9. The lowest BCUT2D eigenvalue weighted by molar-refractivity contribution is 0.00445. The monoisotopic (exact) mass is 603 g/mol. The molecule has 1 saturated heterocycles. The third-order valence-electron chi connectivity index (χ3n) is 7.36. The Morgan fingerprint density at radius 3 is 2.43 bits per heavy atom. The highest BCUT2D eigenvalue weighted by Crippen LogP contribution is 2.35. The number of halogens is 1. The Labute approximate surface area is 241 Å². The number of aromatic nitrogens is 1. The minimum Gasteiger partial charge on any atom is -0.495 e. The van der Waals surface area contributed by atoms with Gasteiger partial charge >= 0.3 is 12.1 Å². The number of oxazole rings is 1. The number of carbonyl (C=O) groups excluding carboxylic acids is 1. The van der Waals surface area contributed by atoms with Gasteiger partial charge in [0.05, 0.1) is 31.6 Å². The van der Waals surface area contributed by atoms with E-state index < -0.39 is 32.4 Å². The minimum absolute atomic E-state index is 0.0695. The second-order valence-corrected chi connectivity index (χ2v) is 11.6. The molecular formula is C28H30FN3O9S. The van der Waals surface area contributed by atoms with Gasteiger partial charge in [0.25, 0.3) is 10.0 Å². The van der Waals surface area contributed by atoms with Crippen LogP contribution in [0, 0.1) is 5.82 Å². The Balaban J connectivity index is 1.20. The molecule has 0 radical (unpaired) electrons. The molecule has 1 aliphatic carbocycles. The smallest absolute Gasteiger partial charge is 0.410 e. The molecule has 0 spiro atoms. The van der Waals surface area contributed by atoms with E-state index in [1.807, 2.05) is 12.1 Å². The molecule has 5 rings (SSSR count). The van der Waals surface area contributed by atoms with E-state index in [9.17, 15) is 22.4 Å². The molecule has 1 aliphatic heterocycles. The molecule has 12 nitrogen and oxygen atoms in total. The van der Waals surface area contributed by atoms with Gasteiger partial charge < -0.3 is 28.6 Å². The molecule has 1 saturated carbocycles. The van der Waals surface area contributed by atoms with E-state index in [1.54, 1.807) is 17.0 Å². The maximum atomic E-state index is 14.2. The highest BCUT2D eigenvalue weighted by atomic mass is 32.2. The highest BCUT2D eigenvalue weighted by molar-refractivity contribution is 7.92. The minimum atomic E-state index is -4.32. The van der Waals surface area contributed by atoms with Crippen molar-refractivity contribution in [1.29, 1.82) is 0 Å². The molecule has 1 amide bonds. The summed E-state index contributed by atoms with van der Waals surface area (Å²) in [6.07, 6.45) is 3.84. The van der Waals surface area contributed by atoms with Crippen LogP contribution >= 0.6 is 0 Å². The van der Waals surface area contributed by atoms with Gasteiger partial charge in [-0.3, -0.25) is 4.72 Å². The number of nitrogens with zero attached hydrogens (tertiary/aromatic N) is 2. The molecule has 2 N–H and O–H groups in total. The first kappa shape index (κ1) is 29.3. The second kappa shape index (κ2) is 12.4. The topological polar surface area (TPSA) is 158 Å². The Hall–Kier alpha value is -4.17. The lowest BCUT2D eigenvalue weighted by Crippen LogP contribution is -2.42. The Kier molecular flexibility index (Phi) is 8.64. The van der Waals surface area contributed by atoms with Crippen molar-refractivity contribution in [2.45, 2.75) is 42.7 Å². The Bertz CT molecular complexity index is 1550. The van der Waals surface area contributed by atoms with Crippen LogP contribution in [0.2, 0.25) is 0 Å². The molecule has 2 fully saturated rings. The SMILES string of the molecule is COc1cc(C(=O)O)c(F)cc1NS(=O)(=O)c1coc(-c2ccc(C3CCC(OC(=O)N4CCOCC4)CC3)cc2)n1.